The van der Waals surface area contributed by atoms with Crippen molar-refractivity contribution in [2.45, 2.75) is 44.2 Å². The van der Waals surface area contributed by atoms with Gasteiger partial charge in [0, 0.05) is 25.6 Å². The molecular formula is C19H24N2O2S. The molecule has 24 heavy (non-hydrogen) atoms. The van der Waals surface area contributed by atoms with Gasteiger partial charge in [0.15, 0.2) is 0 Å². The Morgan fingerprint density at radius 1 is 1.25 bits per heavy atom. The summed E-state index contributed by atoms with van der Waals surface area (Å²) in [6, 6.07) is 11.0. The van der Waals surface area contributed by atoms with E-state index in [2.05, 4.69) is 35.3 Å². The summed E-state index contributed by atoms with van der Waals surface area (Å²) in [5.74, 6) is 0.648. The molecule has 1 aromatic carbocycles. The Morgan fingerprint density at radius 2 is 1.96 bits per heavy atom. The number of methoxy groups -OCH3 is 1. The van der Waals surface area contributed by atoms with E-state index in [-0.39, 0.29) is 5.91 Å². The molecule has 1 fully saturated rings. The number of carbonyl (C=O) groups excluding carboxylic acids is 1. The lowest BCUT2D eigenvalue weighted by molar-refractivity contribution is 0.0683. The fourth-order valence-corrected chi connectivity index (χ4v) is 4.21. The van der Waals surface area contributed by atoms with Gasteiger partial charge in [0.1, 0.15) is 10.7 Å². The van der Waals surface area contributed by atoms with E-state index >= 15 is 0 Å². The van der Waals surface area contributed by atoms with Gasteiger partial charge in [0.2, 0.25) is 0 Å². The van der Waals surface area contributed by atoms with E-state index in [1.807, 2.05) is 17.3 Å². The van der Waals surface area contributed by atoms with Gasteiger partial charge >= 0.3 is 0 Å². The summed E-state index contributed by atoms with van der Waals surface area (Å²) in [5, 5.41) is 2.69. The average Bonchev–Trinajstić information content (AvgIpc) is 3.10. The first-order valence-corrected chi connectivity index (χ1v) is 9.32. The molecule has 0 spiro atoms. The van der Waals surface area contributed by atoms with E-state index in [0.29, 0.717) is 24.3 Å². The minimum atomic E-state index is 0.0248. The molecule has 0 unspecified atom stereocenters. The van der Waals surface area contributed by atoms with E-state index in [0.717, 1.165) is 30.7 Å². The van der Waals surface area contributed by atoms with Crippen LogP contribution >= 0.6 is 11.3 Å². The first kappa shape index (κ1) is 17.1. The monoisotopic (exact) mass is 344 g/mol. The molecule has 0 atom stereocenters. The van der Waals surface area contributed by atoms with Crippen LogP contribution in [0, 0.1) is 0 Å². The van der Waals surface area contributed by atoms with E-state index in [9.17, 15) is 4.79 Å². The third kappa shape index (κ3) is 3.84. The Morgan fingerprint density at radius 3 is 2.62 bits per heavy atom. The second kappa shape index (κ2) is 7.90. The lowest BCUT2D eigenvalue weighted by Crippen LogP contribution is -2.39. The van der Waals surface area contributed by atoms with Crippen molar-refractivity contribution < 1.29 is 9.53 Å². The quantitative estimate of drug-likeness (QED) is 0.820. The molecule has 1 heterocycles. The van der Waals surface area contributed by atoms with E-state index in [1.165, 1.54) is 16.9 Å². The number of rotatable bonds is 5. The lowest BCUT2D eigenvalue weighted by atomic mass is 9.81. The van der Waals surface area contributed by atoms with Gasteiger partial charge in [0.05, 0.1) is 6.61 Å². The minimum absolute atomic E-state index is 0.0248. The molecule has 2 aromatic rings. The summed E-state index contributed by atoms with van der Waals surface area (Å²) in [4.78, 5) is 18.9. The summed E-state index contributed by atoms with van der Waals surface area (Å²) in [7, 11) is 3.55. The first-order chi connectivity index (χ1) is 11.7. The van der Waals surface area contributed by atoms with Gasteiger partial charge in [-0.05, 0) is 37.2 Å². The number of nitrogens with zero attached hydrogens (tertiary/aromatic N) is 2. The predicted octanol–water partition coefficient (Wildman–Crippen LogP) is 4.09. The Bertz CT molecular complexity index is 663. The highest BCUT2D eigenvalue weighted by Gasteiger charge is 2.28. The molecule has 1 aliphatic rings. The van der Waals surface area contributed by atoms with Gasteiger partial charge in [0.25, 0.3) is 5.91 Å². The second-order valence-electron chi connectivity index (χ2n) is 6.39. The number of aromatic nitrogens is 1. The van der Waals surface area contributed by atoms with Crippen LogP contribution in [0.4, 0.5) is 0 Å². The van der Waals surface area contributed by atoms with Crippen LogP contribution in [-0.4, -0.2) is 36.0 Å². The van der Waals surface area contributed by atoms with Crippen molar-refractivity contribution in [1.82, 2.24) is 9.88 Å². The normalized spacial score (nSPS) is 20.8. The van der Waals surface area contributed by atoms with Crippen LogP contribution in [0.15, 0.2) is 35.7 Å². The molecule has 0 radical (unpaired) electrons. The summed E-state index contributed by atoms with van der Waals surface area (Å²) in [5.41, 5.74) is 1.97. The van der Waals surface area contributed by atoms with Crippen molar-refractivity contribution in [3.05, 3.63) is 52.0 Å². The van der Waals surface area contributed by atoms with Gasteiger partial charge in [-0.25, -0.2) is 4.98 Å². The largest absolute Gasteiger partial charge is 0.378 e. The standard InChI is InChI=1S/C19H24N2O2S/c1-21(19(22)17-13-24-18(20-17)12-23-2)16-10-8-15(9-11-16)14-6-4-3-5-7-14/h3-7,13,15-16H,8-12H2,1-2H3. The maximum atomic E-state index is 12.6. The number of hydrogen-bond donors (Lipinski definition) is 0. The molecule has 1 saturated carbocycles. The van der Waals surface area contributed by atoms with Gasteiger partial charge < -0.3 is 9.64 Å². The topological polar surface area (TPSA) is 42.4 Å². The van der Waals surface area contributed by atoms with Crippen molar-refractivity contribution in [3.63, 3.8) is 0 Å². The Hall–Kier alpha value is -1.72. The summed E-state index contributed by atoms with van der Waals surface area (Å²) >= 11 is 1.48. The molecule has 0 N–H and O–H groups in total. The van der Waals surface area contributed by atoms with Gasteiger partial charge in [-0.2, -0.15) is 0 Å². The van der Waals surface area contributed by atoms with Crippen molar-refractivity contribution in [2.75, 3.05) is 14.2 Å². The molecule has 4 nitrogen and oxygen atoms in total. The molecular weight excluding hydrogens is 320 g/mol. The Labute approximate surface area is 147 Å². The van der Waals surface area contributed by atoms with E-state index in [4.69, 9.17) is 4.74 Å². The highest BCUT2D eigenvalue weighted by molar-refractivity contribution is 7.09. The molecule has 0 saturated heterocycles. The van der Waals surface area contributed by atoms with Gasteiger partial charge in [-0.1, -0.05) is 30.3 Å². The molecule has 1 aliphatic carbocycles. The summed E-state index contributed by atoms with van der Waals surface area (Å²) in [6.07, 6.45) is 4.38. The molecule has 3 rings (SSSR count). The molecule has 0 aliphatic heterocycles. The maximum Gasteiger partial charge on any atom is 0.273 e. The van der Waals surface area contributed by atoms with E-state index < -0.39 is 0 Å². The number of benzene rings is 1. The SMILES string of the molecule is COCc1nc(C(=O)N(C)C2CCC(c3ccccc3)CC2)cs1. The molecule has 1 aromatic heterocycles. The first-order valence-electron chi connectivity index (χ1n) is 8.44. The van der Waals surface area contributed by atoms with Crippen LogP contribution in [0.5, 0.6) is 0 Å². The van der Waals surface area contributed by atoms with Crippen molar-refractivity contribution in [2.24, 2.45) is 0 Å². The zero-order chi connectivity index (χ0) is 16.9. The summed E-state index contributed by atoms with van der Waals surface area (Å²) in [6.45, 7) is 0.462. The maximum absolute atomic E-state index is 12.6. The van der Waals surface area contributed by atoms with Crippen molar-refractivity contribution in [3.8, 4) is 0 Å². The number of carbonyl (C=O) groups is 1. The van der Waals surface area contributed by atoms with Crippen LogP contribution in [0.2, 0.25) is 0 Å². The number of amides is 1. The fourth-order valence-electron chi connectivity index (χ4n) is 3.47. The number of ether oxygens (including phenoxy) is 1. The third-order valence-corrected chi connectivity index (χ3v) is 5.70. The third-order valence-electron chi connectivity index (χ3n) is 4.87. The lowest BCUT2D eigenvalue weighted by Gasteiger charge is -2.34. The molecule has 0 bridgehead atoms. The van der Waals surface area contributed by atoms with Gasteiger partial charge in [-0.3, -0.25) is 4.79 Å². The highest BCUT2D eigenvalue weighted by atomic mass is 32.1. The molecule has 1 amide bonds. The molecule has 5 heteroatoms. The number of thiazole rings is 1. The van der Waals surface area contributed by atoms with Crippen LogP contribution in [0.1, 0.15) is 52.7 Å². The zero-order valence-corrected chi connectivity index (χ0v) is 15.1. The van der Waals surface area contributed by atoms with Crippen LogP contribution in [-0.2, 0) is 11.3 Å². The average molecular weight is 344 g/mol. The minimum Gasteiger partial charge on any atom is -0.378 e. The second-order valence-corrected chi connectivity index (χ2v) is 7.33. The zero-order valence-electron chi connectivity index (χ0n) is 14.3. The Kier molecular flexibility index (Phi) is 5.63. The van der Waals surface area contributed by atoms with Crippen LogP contribution < -0.4 is 0 Å². The smallest absolute Gasteiger partial charge is 0.273 e. The number of hydrogen-bond acceptors (Lipinski definition) is 4. The predicted molar refractivity (Wildman–Crippen MR) is 96.4 cm³/mol. The van der Waals surface area contributed by atoms with Crippen molar-refractivity contribution in [1.29, 1.82) is 0 Å². The molecule has 128 valence electrons. The van der Waals surface area contributed by atoms with Crippen LogP contribution in [0.3, 0.4) is 0 Å². The van der Waals surface area contributed by atoms with Crippen molar-refractivity contribution >= 4 is 17.2 Å². The highest BCUT2D eigenvalue weighted by Crippen LogP contribution is 2.34. The van der Waals surface area contributed by atoms with E-state index in [1.54, 1.807) is 7.11 Å². The van der Waals surface area contributed by atoms with Gasteiger partial charge in [-0.15, -0.1) is 11.3 Å². The summed E-state index contributed by atoms with van der Waals surface area (Å²) < 4.78 is 5.07. The Balaban J connectivity index is 1.58. The van der Waals surface area contributed by atoms with Crippen LogP contribution in [0.25, 0.3) is 0 Å². The fraction of sp³-hybridized carbons (Fsp3) is 0.474.